The van der Waals surface area contributed by atoms with E-state index in [-0.39, 0.29) is 12.4 Å². The summed E-state index contributed by atoms with van der Waals surface area (Å²) in [6, 6.07) is 32.5. The molecule has 0 heterocycles. The van der Waals surface area contributed by atoms with Gasteiger partial charge in [0.05, 0.1) is 5.41 Å². The predicted octanol–water partition coefficient (Wildman–Crippen LogP) is 5.77. The Kier molecular flexibility index (Phi) is 4.30. The molecule has 0 amide bonds. The van der Waals surface area contributed by atoms with Crippen molar-refractivity contribution in [3.63, 3.8) is 0 Å². The zero-order valence-electron chi connectivity index (χ0n) is 16.4. The minimum atomic E-state index is -0.622. The average Bonchev–Trinajstić information content (AvgIpc) is 3.10. The van der Waals surface area contributed by atoms with Crippen LogP contribution in [-0.2, 0) is 5.41 Å². The zero-order valence-corrected chi connectivity index (χ0v) is 16.4. The fraction of sp³-hybridized carbons (Fsp3) is 0.0714. The van der Waals surface area contributed by atoms with Crippen molar-refractivity contribution >= 4 is 0 Å². The van der Waals surface area contributed by atoms with Gasteiger partial charge in [0.15, 0.2) is 0 Å². The molecule has 1 aliphatic carbocycles. The lowest BCUT2D eigenvalue weighted by Gasteiger charge is -2.34. The Hall–Kier alpha value is -3.96. The summed E-state index contributed by atoms with van der Waals surface area (Å²) in [5.41, 5.74) is 5.99. The normalized spacial score (nSPS) is 13.2. The van der Waals surface area contributed by atoms with Crippen molar-refractivity contribution in [2.24, 2.45) is 0 Å². The second kappa shape index (κ2) is 7.13. The van der Waals surface area contributed by atoms with Crippen molar-refractivity contribution in [2.75, 3.05) is 6.61 Å². The van der Waals surface area contributed by atoms with E-state index >= 15 is 0 Å². The Bertz CT molecular complexity index is 1220. The third kappa shape index (κ3) is 2.53. The summed E-state index contributed by atoms with van der Waals surface area (Å²) in [4.78, 5) is 0. The molecule has 0 atom stereocenters. The van der Waals surface area contributed by atoms with Gasteiger partial charge in [-0.1, -0.05) is 84.8 Å². The Balaban J connectivity index is 1.85. The van der Waals surface area contributed by atoms with Crippen LogP contribution in [0.4, 0.5) is 0 Å². The number of terminal acetylenes is 1. The molecule has 1 N–H and O–H groups in total. The summed E-state index contributed by atoms with van der Waals surface area (Å²) in [7, 11) is 0. The van der Waals surface area contributed by atoms with Crippen LogP contribution in [0.2, 0.25) is 0 Å². The van der Waals surface area contributed by atoms with E-state index in [9.17, 15) is 5.11 Å². The highest BCUT2D eigenvalue weighted by molar-refractivity contribution is 5.86. The van der Waals surface area contributed by atoms with Crippen molar-refractivity contribution in [1.82, 2.24) is 0 Å². The van der Waals surface area contributed by atoms with Gasteiger partial charge >= 0.3 is 0 Å². The number of fused-ring (bicyclic) bond motifs is 3. The number of benzene rings is 4. The molecular formula is C28H20O2. The Labute approximate surface area is 176 Å². The van der Waals surface area contributed by atoms with Crippen LogP contribution in [0.15, 0.2) is 97.1 Å². The van der Waals surface area contributed by atoms with E-state index in [0.717, 1.165) is 28.0 Å². The first kappa shape index (κ1) is 18.1. The van der Waals surface area contributed by atoms with Crippen molar-refractivity contribution in [3.05, 3.63) is 119 Å². The third-order valence-corrected chi connectivity index (χ3v) is 5.87. The van der Waals surface area contributed by atoms with E-state index in [1.165, 1.54) is 11.1 Å². The van der Waals surface area contributed by atoms with Gasteiger partial charge < -0.3 is 9.84 Å². The highest BCUT2D eigenvalue weighted by Crippen LogP contribution is 2.57. The lowest BCUT2D eigenvalue weighted by Crippen LogP contribution is -2.28. The zero-order chi connectivity index (χ0) is 20.6. The molecule has 5 rings (SSSR count). The third-order valence-electron chi connectivity index (χ3n) is 5.87. The molecule has 0 bridgehead atoms. The number of aromatic hydroxyl groups is 1. The summed E-state index contributed by atoms with van der Waals surface area (Å²) in [5, 5.41) is 11.0. The van der Waals surface area contributed by atoms with Gasteiger partial charge in [-0.25, -0.2) is 0 Å². The maximum atomic E-state index is 11.0. The van der Waals surface area contributed by atoms with Crippen LogP contribution in [0.3, 0.4) is 0 Å². The van der Waals surface area contributed by atoms with Gasteiger partial charge in [0.25, 0.3) is 0 Å². The smallest absolute Gasteiger partial charge is 0.148 e. The summed E-state index contributed by atoms with van der Waals surface area (Å²) in [6.07, 6.45) is 5.32. The summed E-state index contributed by atoms with van der Waals surface area (Å²) in [5.74, 6) is 3.50. The molecule has 0 unspecified atom stereocenters. The molecule has 4 aromatic rings. The number of para-hydroxylation sites is 1. The van der Waals surface area contributed by atoms with Gasteiger partial charge in [-0.3, -0.25) is 0 Å². The van der Waals surface area contributed by atoms with Crippen LogP contribution in [0, 0.1) is 12.3 Å². The Morgan fingerprint density at radius 1 is 0.700 bits per heavy atom. The first-order chi connectivity index (χ1) is 14.8. The summed E-state index contributed by atoms with van der Waals surface area (Å²) >= 11 is 0. The second-order valence-electron chi connectivity index (χ2n) is 7.38. The number of phenols is 1. The minimum Gasteiger partial charge on any atom is -0.508 e. The molecule has 0 fully saturated rings. The average molecular weight is 388 g/mol. The van der Waals surface area contributed by atoms with Crippen LogP contribution in [0.25, 0.3) is 11.1 Å². The van der Waals surface area contributed by atoms with Crippen molar-refractivity contribution in [1.29, 1.82) is 0 Å². The van der Waals surface area contributed by atoms with Gasteiger partial charge in [-0.2, -0.15) is 0 Å². The second-order valence-corrected chi connectivity index (χ2v) is 7.38. The molecule has 0 spiro atoms. The lowest BCUT2D eigenvalue weighted by atomic mass is 9.67. The van der Waals surface area contributed by atoms with Crippen LogP contribution in [-0.4, -0.2) is 11.7 Å². The van der Waals surface area contributed by atoms with E-state index in [2.05, 4.69) is 66.6 Å². The molecule has 1 aliphatic rings. The SMILES string of the molecule is C#CCOc1ccc(C2(c3ccccc3O)c3ccccc3-c3ccccc32)cc1. The van der Waals surface area contributed by atoms with E-state index < -0.39 is 5.41 Å². The maximum Gasteiger partial charge on any atom is 0.148 e. The monoisotopic (exact) mass is 388 g/mol. The largest absolute Gasteiger partial charge is 0.508 e. The van der Waals surface area contributed by atoms with Gasteiger partial charge in [-0.15, -0.1) is 6.42 Å². The quantitative estimate of drug-likeness (QED) is 0.396. The van der Waals surface area contributed by atoms with Gasteiger partial charge in [0.2, 0.25) is 0 Å². The van der Waals surface area contributed by atoms with Crippen molar-refractivity contribution in [2.45, 2.75) is 5.41 Å². The maximum absolute atomic E-state index is 11.0. The number of phenolic OH excluding ortho intramolecular Hbond substituents is 1. The van der Waals surface area contributed by atoms with E-state index in [4.69, 9.17) is 11.2 Å². The molecule has 0 saturated heterocycles. The predicted molar refractivity (Wildman–Crippen MR) is 120 cm³/mol. The van der Waals surface area contributed by atoms with Crippen LogP contribution >= 0.6 is 0 Å². The van der Waals surface area contributed by atoms with Crippen molar-refractivity contribution in [3.8, 4) is 35.0 Å². The van der Waals surface area contributed by atoms with Crippen molar-refractivity contribution < 1.29 is 9.84 Å². The Morgan fingerprint density at radius 3 is 1.80 bits per heavy atom. The molecule has 0 radical (unpaired) electrons. The summed E-state index contributed by atoms with van der Waals surface area (Å²) in [6.45, 7) is 0.232. The van der Waals surface area contributed by atoms with E-state index in [1.54, 1.807) is 6.07 Å². The Morgan fingerprint density at radius 2 is 1.23 bits per heavy atom. The molecule has 144 valence electrons. The minimum absolute atomic E-state index is 0.232. The fourth-order valence-electron chi connectivity index (χ4n) is 4.71. The molecule has 0 saturated carbocycles. The standard InChI is InChI=1S/C28H20O2/c1-2-19-30-21-17-15-20(16-18-21)28(26-13-7-8-14-27(26)29)24-11-5-3-9-22(24)23-10-4-6-12-25(23)28/h1,3-18,29H,19H2. The molecule has 4 aromatic carbocycles. The molecule has 0 aliphatic heterocycles. The number of rotatable bonds is 4. The topological polar surface area (TPSA) is 29.5 Å². The first-order valence-electron chi connectivity index (χ1n) is 9.91. The number of ether oxygens (including phenoxy) is 1. The van der Waals surface area contributed by atoms with Gasteiger partial charge in [-0.05, 0) is 46.0 Å². The molecule has 2 heteroatoms. The van der Waals surface area contributed by atoms with Gasteiger partial charge in [0, 0.05) is 5.56 Å². The summed E-state index contributed by atoms with van der Waals surface area (Å²) < 4.78 is 5.59. The lowest BCUT2D eigenvalue weighted by molar-refractivity contribution is 0.370. The van der Waals surface area contributed by atoms with Crippen LogP contribution in [0.5, 0.6) is 11.5 Å². The number of hydrogen-bond acceptors (Lipinski definition) is 2. The van der Waals surface area contributed by atoms with E-state index in [1.807, 2.05) is 30.3 Å². The molecule has 0 aromatic heterocycles. The molecule has 30 heavy (non-hydrogen) atoms. The number of hydrogen-bond donors (Lipinski definition) is 1. The fourth-order valence-corrected chi connectivity index (χ4v) is 4.71. The van der Waals surface area contributed by atoms with Gasteiger partial charge in [0.1, 0.15) is 18.1 Å². The van der Waals surface area contributed by atoms with E-state index in [0.29, 0.717) is 0 Å². The first-order valence-corrected chi connectivity index (χ1v) is 9.91. The molecular weight excluding hydrogens is 368 g/mol. The van der Waals surface area contributed by atoms with Crippen LogP contribution in [0.1, 0.15) is 22.3 Å². The molecule has 2 nitrogen and oxygen atoms in total. The highest BCUT2D eigenvalue weighted by atomic mass is 16.5. The highest BCUT2D eigenvalue weighted by Gasteiger charge is 2.47. The van der Waals surface area contributed by atoms with Crippen LogP contribution < -0.4 is 4.74 Å².